The highest BCUT2D eigenvalue weighted by Crippen LogP contribution is 2.33. The Morgan fingerprint density at radius 3 is 2.21 bits per heavy atom. The van der Waals surface area contributed by atoms with Crippen molar-refractivity contribution >= 4 is 23.2 Å². The molecule has 1 aliphatic rings. The second-order valence-corrected chi connectivity index (χ2v) is 7.23. The number of amides is 2. The number of halogens is 4. The third kappa shape index (κ3) is 5.55. The predicted octanol–water partition coefficient (Wildman–Crippen LogP) is 4.78. The van der Waals surface area contributed by atoms with Crippen LogP contribution in [0.3, 0.4) is 0 Å². The zero-order chi connectivity index (χ0) is 23.4. The Morgan fingerprint density at radius 1 is 0.909 bits per heavy atom. The second kappa shape index (κ2) is 9.41. The highest BCUT2D eigenvalue weighted by molar-refractivity contribution is 5.99. The van der Waals surface area contributed by atoms with E-state index >= 15 is 0 Å². The Kier molecular flexibility index (Phi) is 6.40. The summed E-state index contributed by atoms with van der Waals surface area (Å²) in [6.45, 7) is 2.81. The maximum absolute atomic E-state index is 13.4. The van der Waals surface area contributed by atoms with Crippen molar-refractivity contribution in [3.8, 4) is 11.3 Å². The number of anilines is 3. The number of rotatable bonds is 4. The van der Waals surface area contributed by atoms with Crippen molar-refractivity contribution in [1.29, 1.82) is 0 Å². The van der Waals surface area contributed by atoms with Gasteiger partial charge in [-0.2, -0.15) is 13.2 Å². The van der Waals surface area contributed by atoms with E-state index in [1.54, 1.807) is 24.3 Å². The first-order valence-corrected chi connectivity index (χ1v) is 10.0. The van der Waals surface area contributed by atoms with Crippen LogP contribution in [0.2, 0.25) is 0 Å². The summed E-state index contributed by atoms with van der Waals surface area (Å²) >= 11 is 0. The van der Waals surface area contributed by atoms with Gasteiger partial charge in [-0.1, -0.05) is 12.1 Å². The van der Waals surface area contributed by atoms with Crippen LogP contribution in [0.15, 0.2) is 54.6 Å². The molecule has 0 bridgehead atoms. The molecule has 0 spiro atoms. The standard InChI is InChI=1S/C22H19F4N5O2/c23-18-6-5-16(13-17(18)22(24,25)26)28-21(32)27-15-3-1-14(2-4-15)19-7-8-20(30-29-19)31-9-11-33-12-10-31/h1-8,13H,9-12H2,(H2,27,28,32). The van der Waals surface area contributed by atoms with Crippen molar-refractivity contribution in [3.05, 3.63) is 66.0 Å². The third-order valence-electron chi connectivity index (χ3n) is 4.95. The molecule has 33 heavy (non-hydrogen) atoms. The van der Waals surface area contributed by atoms with E-state index in [4.69, 9.17) is 4.74 Å². The Balaban J connectivity index is 1.38. The van der Waals surface area contributed by atoms with Crippen molar-refractivity contribution in [2.75, 3.05) is 41.8 Å². The molecule has 0 atom stereocenters. The minimum Gasteiger partial charge on any atom is -0.378 e. The van der Waals surface area contributed by atoms with Crippen molar-refractivity contribution in [2.24, 2.45) is 0 Å². The molecule has 2 aromatic carbocycles. The van der Waals surface area contributed by atoms with Crippen LogP contribution >= 0.6 is 0 Å². The van der Waals surface area contributed by atoms with Crippen LogP contribution in [0.4, 0.5) is 39.5 Å². The van der Waals surface area contributed by atoms with Gasteiger partial charge >= 0.3 is 12.2 Å². The third-order valence-corrected chi connectivity index (χ3v) is 4.95. The van der Waals surface area contributed by atoms with Crippen LogP contribution in [-0.2, 0) is 10.9 Å². The average molecular weight is 461 g/mol. The normalized spacial score (nSPS) is 14.1. The van der Waals surface area contributed by atoms with Crippen molar-refractivity contribution in [1.82, 2.24) is 10.2 Å². The van der Waals surface area contributed by atoms with Gasteiger partial charge in [-0.15, -0.1) is 10.2 Å². The number of aromatic nitrogens is 2. The maximum atomic E-state index is 13.4. The van der Waals surface area contributed by atoms with E-state index in [0.717, 1.165) is 30.5 Å². The Bertz CT molecular complexity index is 1120. The van der Waals surface area contributed by atoms with Crippen molar-refractivity contribution in [3.63, 3.8) is 0 Å². The van der Waals surface area contributed by atoms with Gasteiger partial charge in [-0.3, -0.25) is 0 Å². The molecule has 3 aromatic rings. The summed E-state index contributed by atoms with van der Waals surface area (Å²) in [5.74, 6) is -0.642. The Labute approximate surface area is 186 Å². The molecular weight excluding hydrogens is 442 g/mol. The topological polar surface area (TPSA) is 79.4 Å². The number of carbonyl (C=O) groups is 1. The molecule has 4 rings (SSSR count). The lowest BCUT2D eigenvalue weighted by molar-refractivity contribution is -0.139. The number of morpholine rings is 1. The number of benzene rings is 2. The van der Waals surface area contributed by atoms with Crippen LogP contribution in [0.5, 0.6) is 0 Å². The molecule has 2 N–H and O–H groups in total. The fourth-order valence-electron chi connectivity index (χ4n) is 3.28. The molecule has 7 nitrogen and oxygen atoms in total. The van der Waals surface area contributed by atoms with Gasteiger partial charge in [0.25, 0.3) is 0 Å². The second-order valence-electron chi connectivity index (χ2n) is 7.23. The molecule has 172 valence electrons. The molecule has 1 saturated heterocycles. The molecule has 0 unspecified atom stereocenters. The Morgan fingerprint density at radius 2 is 1.58 bits per heavy atom. The number of carbonyl (C=O) groups excluding carboxylic acids is 1. The summed E-state index contributed by atoms with van der Waals surface area (Å²) in [6, 6.07) is 11.9. The van der Waals surface area contributed by atoms with Crippen molar-refractivity contribution < 1.29 is 27.1 Å². The van der Waals surface area contributed by atoms with Gasteiger partial charge in [-0.25, -0.2) is 9.18 Å². The zero-order valence-corrected chi connectivity index (χ0v) is 17.2. The minimum atomic E-state index is -4.86. The molecule has 1 aromatic heterocycles. The van der Waals surface area contributed by atoms with E-state index in [2.05, 4.69) is 25.7 Å². The van der Waals surface area contributed by atoms with E-state index in [9.17, 15) is 22.4 Å². The number of ether oxygens (including phenoxy) is 1. The molecule has 0 radical (unpaired) electrons. The molecule has 1 aliphatic heterocycles. The summed E-state index contributed by atoms with van der Waals surface area (Å²) in [6.07, 6.45) is -4.86. The van der Waals surface area contributed by atoms with Crippen molar-refractivity contribution in [2.45, 2.75) is 6.18 Å². The number of nitrogens with one attached hydrogen (secondary N) is 2. The fraction of sp³-hybridized carbons (Fsp3) is 0.227. The van der Waals surface area contributed by atoms with Gasteiger partial charge in [0.05, 0.1) is 24.5 Å². The average Bonchev–Trinajstić information content (AvgIpc) is 2.81. The van der Waals surface area contributed by atoms with E-state index in [0.29, 0.717) is 36.7 Å². The van der Waals surface area contributed by atoms with Crippen LogP contribution in [0.25, 0.3) is 11.3 Å². The SMILES string of the molecule is O=C(Nc1ccc(-c2ccc(N3CCOCC3)nn2)cc1)Nc1ccc(F)c(C(F)(F)F)c1. The molecule has 1 fully saturated rings. The summed E-state index contributed by atoms with van der Waals surface area (Å²) in [5.41, 5.74) is 0.190. The van der Waals surface area contributed by atoms with Crippen LogP contribution in [-0.4, -0.2) is 42.5 Å². The minimum absolute atomic E-state index is 0.187. The lowest BCUT2D eigenvalue weighted by atomic mass is 10.1. The number of hydrogen-bond acceptors (Lipinski definition) is 5. The molecular formula is C22H19F4N5O2. The van der Waals surface area contributed by atoms with Crippen LogP contribution < -0.4 is 15.5 Å². The lowest BCUT2D eigenvalue weighted by Crippen LogP contribution is -2.36. The number of nitrogens with zero attached hydrogens (tertiary/aromatic N) is 3. The predicted molar refractivity (Wildman–Crippen MR) is 115 cm³/mol. The van der Waals surface area contributed by atoms with Crippen LogP contribution in [0.1, 0.15) is 5.56 Å². The Hall–Kier alpha value is -3.73. The summed E-state index contributed by atoms with van der Waals surface area (Å²) in [5, 5.41) is 13.3. The van der Waals surface area contributed by atoms with Crippen LogP contribution in [0, 0.1) is 5.82 Å². The first-order chi connectivity index (χ1) is 15.8. The largest absolute Gasteiger partial charge is 0.419 e. The van der Waals surface area contributed by atoms with Gasteiger partial charge in [0, 0.05) is 30.0 Å². The van der Waals surface area contributed by atoms with E-state index in [1.165, 1.54) is 0 Å². The number of hydrogen-bond donors (Lipinski definition) is 2. The first kappa shape index (κ1) is 22.5. The lowest BCUT2D eigenvalue weighted by Gasteiger charge is -2.27. The van der Waals surface area contributed by atoms with E-state index < -0.39 is 23.6 Å². The number of alkyl halides is 3. The first-order valence-electron chi connectivity index (χ1n) is 10.0. The molecule has 0 aliphatic carbocycles. The van der Waals surface area contributed by atoms with Gasteiger partial charge < -0.3 is 20.3 Å². The number of urea groups is 1. The molecule has 0 saturated carbocycles. The quantitative estimate of drug-likeness (QED) is 0.547. The van der Waals surface area contributed by atoms with E-state index in [-0.39, 0.29) is 5.69 Å². The zero-order valence-electron chi connectivity index (χ0n) is 17.2. The van der Waals surface area contributed by atoms with Gasteiger partial charge in [0.15, 0.2) is 5.82 Å². The smallest absolute Gasteiger partial charge is 0.378 e. The fourth-order valence-corrected chi connectivity index (χ4v) is 3.28. The van der Waals surface area contributed by atoms with Gasteiger partial charge in [-0.05, 0) is 42.5 Å². The summed E-state index contributed by atoms with van der Waals surface area (Å²) in [4.78, 5) is 14.2. The monoisotopic (exact) mass is 461 g/mol. The van der Waals surface area contributed by atoms with Gasteiger partial charge in [0.2, 0.25) is 0 Å². The summed E-state index contributed by atoms with van der Waals surface area (Å²) in [7, 11) is 0. The molecule has 11 heteroatoms. The maximum Gasteiger partial charge on any atom is 0.419 e. The van der Waals surface area contributed by atoms with Gasteiger partial charge in [0.1, 0.15) is 5.82 Å². The highest BCUT2D eigenvalue weighted by Gasteiger charge is 2.34. The molecule has 2 amide bonds. The summed E-state index contributed by atoms with van der Waals surface area (Å²) < 4.78 is 57.2. The van der Waals surface area contributed by atoms with E-state index in [1.807, 2.05) is 12.1 Å². The highest BCUT2D eigenvalue weighted by atomic mass is 19.4. The molecule has 2 heterocycles.